The van der Waals surface area contributed by atoms with Gasteiger partial charge in [-0.1, -0.05) is 0 Å². The van der Waals surface area contributed by atoms with Crippen LogP contribution in [0.4, 0.5) is 0 Å². The first-order valence-corrected chi connectivity index (χ1v) is 3.81. The van der Waals surface area contributed by atoms with Gasteiger partial charge in [-0.25, -0.2) is 0 Å². The van der Waals surface area contributed by atoms with E-state index in [0.29, 0.717) is 0 Å². The molecule has 0 fully saturated rings. The van der Waals surface area contributed by atoms with Crippen molar-refractivity contribution in [2.45, 2.75) is 19.8 Å². The Morgan fingerprint density at radius 3 is 2.73 bits per heavy atom. The summed E-state index contributed by atoms with van der Waals surface area (Å²) in [6, 6.07) is 0. The summed E-state index contributed by atoms with van der Waals surface area (Å²) in [5.41, 5.74) is 7.46. The van der Waals surface area contributed by atoms with E-state index in [1.165, 1.54) is 0 Å². The summed E-state index contributed by atoms with van der Waals surface area (Å²) in [4.78, 5) is 8.33. The van der Waals surface area contributed by atoms with Crippen LogP contribution in [0.15, 0.2) is 12.4 Å². The lowest BCUT2D eigenvalue weighted by Crippen LogP contribution is -2.03. The Hall–Kier alpha value is -0.960. The summed E-state index contributed by atoms with van der Waals surface area (Å²) in [5, 5.41) is 0. The van der Waals surface area contributed by atoms with Crippen LogP contribution in [0.1, 0.15) is 17.8 Å². The van der Waals surface area contributed by atoms with Crippen molar-refractivity contribution in [2.24, 2.45) is 5.73 Å². The fraction of sp³-hybridized carbons (Fsp3) is 0.500. The van der Waals surface area contributed by atoms with Gasteiger partial charge in [-0.2, -0.15) is 0 Å². The van der Waals surface area contributed by atoms with Crippen LogP contribution in [-0.2, 0) is 6.42 Å². The van der Waals surface area contributed by atoms with Gasteiger partial charge in [0.2, 0.25) is 0 Å². The third-order valence-corrected chi connectivity index (χ3v) is 1.60. The Morgan fingerprint density at radius 1 is 1.36 bits per heavy atom. The number of aromatic nitrogens is 2. The smallest absolute Gasteiger partial charge is 0.0616 e. The highest BCUT2D eigenvalue weighted by Gasteiger charge is 1.97. The maximum atomic E-state index is 5.38. The zero-order valence-electron chi connectivity index (χ0n) is 6.75. The zero-order valence-corrected chi connectivity index (χ0v) is 6.75. The van der Waals surface area contributed by atoms with Gasteiger partial charge in [0.05, 0.1) is 11.4 Å². The molecule has 0 saturated carbocycles. The van der Waals surface area contributed by atoms with Crippen molar-refractivity contribution in [1.29, 1.82) is 0 Å². The van der Waals surface area contributed by atoms with Gasteiger partial charge in [0, 0.05) is 12.4 Å². The minimum atomic E-state index is 0.718. The molecule has 0 bridgehead atoms. The van der Waals surface area contributed by atoms with Gasteiger partial charge in [-0.15, -0.1) is 0 Å². The lowest BCUT2D eigenvalue weighted by molar-refractivity contribution is 0.794. The number of nitrogens with two attached hydrogens (primary N) is 1. The van der Waals surface area contributed by atoms with Gasteiger partial charge < -0.3 is 5.73 Å². The molecule has 11 heavy (non-hydrogen) atoms. The van der Waals surface area contributed by atoms with E-state index < -0.39 is 0 Å². The minimum absolute atomic E-state index is 0.718. The first kappa shape index (κ1) is 8.14. The molecule has 0 atom stereocenters. The molecular formula is C8H13N3. The van der Waals surface area contributed by atoms with Gasteiger partial charge >= 0.3 is 0 Å². The van der Waals surface area contributed by atoms with E-state index in [4.69, 9.17) is 5.73 Å². The molecule has 0 aliphatic heterocycles. The molecule has 1 aromatic rings. The maximum Gasteiger partial charge on any atom is 0.0616 e. The van der Waals surface area contributed by atoms with Crippen molar-refractivity contribution in [3.05, 3.63) is 23.8 Å². The summed E-state index contributed by atoms with van der Waals surface area (Å²) in [7, 11) is 0. The monoisotopic (exact) mass is 151 g/mol. The van der Waals surface area contributed by atoms with Crippen molar-refractivity contribution >= 4 is 0 Å². The predicted molar refractivity (Wildman–Crippen MR) is 44.1 cm³/mol. The molecule has 0 aliphatic rings. The van der Waals surface area contributed by atoms with Crippen molar-refractivity contribution in [1.82, 2.24) is 9.97 Å². The first-order valence-electron chi connectivity index (χ1n) is 3.81. The van der Waals surface area contributed by atoms with Crippen LogP contribution in [0.25, 0.3) is 0 Å². The van der Waals surface area contributed by atoms with E-state index >= 15 is 0 Å². The van der Waals surface area contributed by atoms with E-state index in [1.807, 2.05) is 6.92 Å². The highest BCUT2D eigenvalue weighted by atomic mass is 14.8. The molecule has 0 aromatic carbocycles. The fourth-order valence-electron chi connectivity index (χ4n) is 0.951. The Morgan fingerprint density at radius 2 is 2.09 bits per heavy atom. The van der Waals surface area contributed by atoms with Crippen LogP contribution >= 0.6 is 0 Å². The molecule has 3 heteroatoms. The highest BCUT2D eigenvalue weighted by Crippen LogP contribution is 2.01. The standard InChI is InChI=1S/C8H13N3/c1-7-8(3-2-4-9)11-6-5-10-7/h5-6H,2-4,9H2,1H3. The molecule has 0 unspecified atom stereocenters. The second-order valence-corrected chi connectivity index (χ2v) is 2.48. The Kier molecular flexibility index (Phi) is 2.98. The van der Waals surface area contributed by atoms with E-state index in [-0.39, 0.29) is 0 Å². The van der Waals surface area contributed by atoms with Crippen molar-refractivity contribution in [2.75, 3.05) is 6.54 Å². The Labute approximate surface area is 66.7 Å². The second kappa shape index (κ2) is 4.03. The van der Waals surface area contributed by atoms with Crippen molar-refractivity contribution < 1.29 is 0 Å². The van der Waals surface area contributed by atoms with Gasteiger partial charge in [-0.3, -0.25) is 9.97 Å². The molecule has 2 N–H and O–H groups in total. The average Bonchev–Trinajstić information content (AvgIpc) is 2.03. The van der Waals surface area contributed by atoms with Gasteiger partial charge in [-0.05, 0) is 26.3 Å². The molecule has 0 radical (unpaired) electrons. The average molecular weight is 151 g/mol. The number of rotatable bonds is 3. The van der Waals surface area contributed by atoms with Gasteiger partial charge in [0.1, 0.15) is 0 Å². The summed E-state index contributed by atoms with van der Waals surface area (Å²) in [5.74, 6) is 0. The first-order chi connectivity index (χ1) is 5.34. The molecule has 0 aliphatic carbocycles. The normalized spacial score (nSPS) is 10.0. The second-order valence-electron chi connectivity index (χ2n) is 2.48. The van der Waals surface area contributed by atoms with E-state index in [1.54, 1.807) is 12.4 Å². The van der Waals surface area contributed by atoms with E-state index in [9.17, 15) is 0 Å². The van der Waals surface area contributed by atoms with Crippen molar-refractivity contribution in [3.63, 3.8) is 0 Å². The molecule has 1 rings (SSSR count). The zero-order chi connectivity index (χ0) is 8.10. The lowest BCUT2D eigenvalue weighted by atomic mass is 10.2. The molecule has 0 spiro atoms. The molecule has 1 heterocycles. The minimum Gasteiger partial charge on any atom is -0.330 e. The SMILES string of the molecule is Cc1nccnc1CCCN. The quantitative estimate of drug-likeness (QED) is 0.691. The highest BCUT2D eigenvalue weighted by molar-refractivity contribution is 5.07. The maximum absolute atomic E-state index is 5.38. The molecule has 0 amide bonds. The largest absolute Gasteiger partial charge is 0.330 e. The van der Waals surface area contributed by atoms with Crippen LogP contribution in [0.3, 0.4) is 0 Å². The Balaban J connectivity index is 2.62. The number of nitrogens with zero attached hydrogens (tertiary/aromatic N) is 2. The molecular weight excluding hydrogens is 138 g/mol. The van der Waals surface area contributed by atoms with Crippen LogP contribution < -0.4 is 5.73 Å². The molecule has 60 valence electrons. The van der Waals surface area contributed by atoms with Crippen LogP contribution in [0.5, 0.6) is 0 Å². The molecule has 3 nitrogen and oxygen atoms in total. The Bertz CT molecular complexity index is 222. The summed E-state index contributed by atoms with van der Waals surface area (Å²) in [6.45, 7) is 2.69. The van der Waals surface area contributed by atoms with Crippen LogP contribution in [0.2, 0.25) is 0 Å². The van der Waals surface area contributed by atoms with Crippen LogP contribution in [-0.4, -0.2) is 16.5 Å². The summed E-state index contributed by atoms with van der Waals surface area (Å²) >= 11 is 0. The number of hydrogen-bond donors (Lipinski definition) is 1. The van der Waals surface area contributed by atoms with Gasteiger partial charge in [0.15, 0.2) is 0 Å². The molecule has 0 saturated heterocycles. The molecule has 1 aromatic heterocycles. The number of aryl methyl sites for hydroxylation is 2. The predicted octanol–water partition coefficient (Wildman–Crippen LogP) is 0.676. The van der Waals surface area contributed by atoms with E-state index in [2.05, 4.69) is 9.97 Å². The summed E-state index contributed by atoms with van der Waals surface area (Å²) in [6.07, 6.45) is 5.36. The third-order valence-electron chi connectivity index (χ3n) is 1.60. The lowest BCUT2D eigenvalue weighted by Gasteiger charge is -2.00. The van der Waals surface area contributed by atoms with E-state index in [0.717, 1.165) is 30.8 Å². The van der Waals surface area contributed by atoms with Crippen LogP contribution in [0, 0.1) is 6.92 Å². The topological polar surface area (TPSA) is 51.8 Å². The summed E-state index contributed by atoms with van der Waals surface area (Å²) < 4.78 is 0. The third kappa shape index (κ3) is 2.27. The number of hydrogen-bond acceptors (Lipinski definition) is 3. The van der Waals surface area contributed by atoms with Gasteiger partial charge in [0.25, 0.3) is 0 Å². The fourth-order valence-corrected chi connectivity index (χ4v) is 0.951. The van der Waals surface area contributed by atoms with Crippen molar-refractivity contribution in [3.8, 4) is 0 Å².